The first kappa shape index (κ1) is 22.8. The minimum absolute atomic E-state index is 0.102. The van der Waals surface area contributed by atoms with Crippen LogP contribution in [0.15, 0.2) is 66.4 Å². The van der Waals surface area contributed by atoms with Crippen molar-refractivity contribution >= 4 is 52.5 Å². The highest BCUT2D eigenvalue weighted by molar-refractivity contribution is 7.80. The molecule has 0 saturated carbocycles. The lowest BCUT2D eigenvalue weighted by molar-refractivity contribution is -0.137. The number of rotatable bonds is 3. The van der Waals surface area contributed by atoms with E-state index in [1.165, 1.54) is 29.0 Å². The van der Waals surface area contributed by atoms with Gasteiger partial charge in [-0.15, -0.1) is 0 Å². The molecule has 0 atom stereocenters. The van der Waals surface area contributed by atoms with Gasteiger partial charge in [-0.25, -0.2) is 0 Å². The predicted octanol–water partition coefficient (Wildman–Crippen LogP) is 5.29. The zero-order chi connectivity index (χ0) is 23.9. The first-order valence-electron chi connectivity index (χ1n) is 9.59. The Balaban J connectivity index is 1.75. The van der Waals surface area contributed by atoms with Crippen LogP contribution in [-0.4, -0.2) is 21.5 Å². The quantitative estimate of drug-likeness (QED) is 0.309. The third-order valence-electron chi connectivity index (χ3n) is 5.04. The smallest absolute Gasteiger partial charge is 0.317 e. The van der Waals surface area contributed by atoms with Crippen LogP contribution in [0.25, 0.3) is 11.8 Å². The van der Waals surface area contributed by atoms with Gasteiger partial charge in [0.05, 0.1) is 11.3 Å². The number of amides is 2. The highest BCUT2D eigenvalue weighted by Crippen LogP contribution is 2.31. The number of hydrogen-bond donors (Lipinski definition) is 1. The molecule has 3 aromatic rings. The largest absolute Gasteiger partial charge is 0.416 e. The number of alkyl halides is 3. The molecule has 1 N–H and O–H groups in total. The predicted molar refractivity (Wildman–Crippen MR) is 123 cm³/mol. The lowest BCUT2D eigenvalue weighted by Crippen LogP contribution is -2.54. The lowest BCUT2D eigenvalue weighted by atomic mass is 10.1. The van der Waals surface area contributed by atoms with Crippen LogP contribution in [0.3, 0.4) is 0 Å². The van der Waals surface area contributed by atoms with Crippen LogP contribution in [0, 0.1) is 6.92 Å². The summed E-state index contributed by atoms with van der Waals surface area (Å²) in [5.41, 5.74) is 0.693. The molecule has 10 heteroatoms. The second-order valence-corrected chi connectivity index (χ2v) is 8.04. The second kappa shape index (κ2) is 8.49. The third kappa shape index (κ3) is 4.42. The van der Waals surface area contributed by atoms with Gasteiger partial charge in [0.2, 0.25) is 0 Å². The minimum Gasteiger partial charge on any atom is -0.317 e. The molecule has 1 aromatic heterocycles. The van der Waals surface area contributed by atoms with Gasteiger partial charge in [0.25, 0.3) is 11.8 Å². The molecule has 0 unspecified atom stereocenters. The molecule has 2 heterocycles. The Hall–Kier alpha value is -3.43. The maximum Gasteiger partial charge on any atom is 0.416 e. The molecule has 168 valence electrons. The normalized spacial score (nSPS) is 15.8. The standard InChI is InChI=1S/C23H15ClF3N3O2S/c1-13-7-8-17(12-19(13)24)30-21(32)18(20(31)28-22(30)33)11-16-6-3-9-29(16)15-5-2-4-14(10-15)23(25,26)27/h2-12H,1H3,(H,28,31,33)/b18-11+. The molecule has 4 rings (SSSR count). The molecule has 1 aliphatic rings. The topological polar surface area (TPSA) is 54.3 Å². The van der Waals surface area contributed by atoms with Crippen molar-refractivity contribution in [2.24, 2.45) is 0 Å². The number of aryl methyl sites for hydroxylation is 1. The first-order valence-corrected chi connectivity index (χ1v) is 10.4. The first-order chi connectivity index (χ1) is 15.6. The number of thiocarbonyl (C=S) groups is 1. The van der Waals surface area contributed by atoms with Crippen molar-refractivity contribution in [1.29, 1.82) is 0 Å². The Labute approximate surface area is 197 Å². The van der Waals surface area contributed by atoms with Crippen LogP contribution in [0.1, 0.15) is 16.8 Å². The molecule has 0 spiro atoms. The molecule has 0 radical (unpaired) electrons. The van der Waals surface area contributed by atoms with Gasteiger partial charge in [0.15, 0.2) is 5.11 Å². The molecule has 2 amide bonds. The summed E-state index contributed by atoms with van der Waals surface area (Å²) in [5.74, 6) is -1.39. The summed E-state index contributed by atoms with van der Waals surface area (Å²) in [6.45, 7) is 1.80. The summed E-state index contributed by atoms with van der Waals surface area (Å²) in [7, 11) is 0. The van der Waals surface area contributed by atoms with Crippen LogP contribution in [0.2, 0.25) is 5.02 Å². The van der Waals surface area contributed by atoms with Crippen LogP contribution in [0.5, 0.6) is 0 Å². The SMILES string of the molecule is Cc1ccc(N2C(=O)/C(=C/c3cccn3-c3cccc(C(F)(F)F)c3)C(=O)NC2=S)cc1Cl. The summed E-state index contributed by atoms with van der Waals surface area (Å²) in [4.78, 5) is 26.9. The third-order valence-corrected chi connectivity index (χ3v) is 5.73. The number of nitrogens with one attached hydrogen (secondary N) is 1. The van der Waals surface area contributed by atoms with Gasteiger partial charge in [-0.1, -0.05) is 23.7 Å². The molecular weight excluding hydrogens is 475 g/mol. The van der Waals surface area contributed by atoms with E-state index >= 15 is 0 Å². The van der Waals surface area contributed by atoms with Crippen molar-refractivity contribution in [3.63, 3.8) is 0 Å². The lowest BCUT2D eigenvalue weighted by Gasteiger charge is -2.29. The monoisotopic (exact) mass is 489 g/mol. The highest BCUT2D eigenvalue weighted by atomic mass is 35.5. The van der Waals surface area contributed by atoms with Gasteiger partial charge in [0, 0.05) is 22.6 Å². The van der Waals surface area contributed by atoms with Crippen LogP contribution < -0.4 is 10.2 Å². The Morgan fingerprint density at radius 2 is 1.79 bits per heavy atom. The maximum absolute atomic E-state index is 13.2. The van der Waals surface area contributed by atoms with Gasteiger partial charge >= 0.3 is 6.18 Å². The van der Waals surface area contributed by atoms with Crippen molar-refractivity contribution in [1.82, 2.24) is 9.88 Å². The van der Waals surface area contributed by atoms with E-state index in [0.717, 1.165) is 22.6 Å². The number of anilines is 1. The number of carbonyl (C=O) groups excluding carboxylic acids is 2. The fourth-order valence-corrected chi connectivity index (χ4v) is 3.80. The molecule has 1 fully saturated rings. The minimum atomic E-state index is -4.51. The number of nitrogens with zero attached hydrogens (tertiary/aromatic N) is 2. The van der Waals surface area contributed by atoms with Crippen LogP contribution in [0.4, 0.5) is 18.9 Å². The van der Waals surface area contributed by atoms with E-state index < -0.39 is 23.6 Å². The van der Waals surface area contributed by atoms with Crippen molar-refractivity contribution in [3.05, 3.63) is 88.2 Å². The Morgan fingerprint density at radius 1 is 1.03 bits per heavy atom. The summed E-state index contributed by atoms with van der Waals surface area (Å²) < 4.78 is 40.8. The maximum atomic E-state index is 13.2. The fraction of sp³-hybridized carbons (Fsp3) is 0.0870. The zero-order valence-electron chi connectivity index (χ0n) is 17.0. The van der Waals surface area contributed by atoms with Gasteiger partial charge in [-0.2, -0.15) is 13.2 Å². The number of halogens is 4. The Kier molecular flexibility index (Phi) is 5.85. The number of carbonyl (C=O) groups is 2. The zero-order valence-corrected chi connectivity index (χ0v) is 18.6. The van der Waals surface area contributed by atoms with Gasteiger partial charge in [0.1, 0.15) is 5.57 Å². The van der Waals surface area contributed by atoms with Gasteiger partial charge < -0.3 is 4.57 Å². The number of benzene rings is 2. The summed E-state index contributed by atoms with van der Waals surface area (Å²) in [6.07, 6.45) is -1.66. The molecule has 2 aromatic carbocycles. The van der Waals surface area contributed by atoms with Crippen LogP contribution >= 0.6 is 23.8 Å². The molecule has 0 aliphatic carbocycles. The van der Waals surface area contributed by atoms with Gasteiger partial charge in [-0.05, 0) is 73.2 Å². The van der Waals surface area contributed by atoms with E-state index in [9.17, 15) is 22.8 Å². The average molecular weight is 490 g/mol. The number of aromatic nitrogens is 1. The molecule has 0 bridgehead atoms. The van der Waals surface area contributed by atoms with Crippen molar-refractivity contribution in [3.8, 4) is 5.69 Å². The highest BCUT2D eigenvalue weighted by Gasteiger charge is 2.35. The average Bonchev–Trinajstić information content (AvgIpc) is 3.21. The van der Waals surface area contributed by atoms with E-state index in [0.29, 0.717) is 16.4 Å². The van der Waals surface area contributed by atoms with E-state index in [2.05, 4.69) is 5.32 Å². The number of hydrogen-bond acceptors (Lipinski definition) is 3. The Bertz CT molecular complexity index is 1330. The van der Waals surface area contributed by atoms with Crippen molar-refractivity contribution in [2.75, 3.05) is 4.90 Å². The van der Waals surface area contributed by atoms with Crippen molar-refractivity contribution < 1.29 is 22.8 Å². The molecular formula is C23H15ClF3N3O2S. The molecule has 1 aliphatic heterocycles. The summed E-state index contributed by atoms with van der Waals surface area (Å²) >= 11 is 11.4. The molecule has 33 heavy (non-hydrogen) atoms. The van der Waals surface area contributed by atoms with Crippen molar-refractivity contribution in [2.45, 2.75) is 13.1 Å². The van der Waals surface area contributed by atoms with E-state index in [-0.39, 0.29) is 16.4 Å². The van der Waals surface area contributed by atoms with Gasteiger partial charge in [-0.3, -0.25) is 19.8 Å². The molecule has 1 saturated heterocycles. The fourth-order valence-electron chi connectivity index (χ4n) is 3.34. The van der Waals surface area contributed by atoms with E-state index in [1.54, 1.807) is 37.3 Å². The van der Waals surface area contributed by atoms with E-state index in [4.69, 9.17) is 23.8 Å². The van der Waals surface area contributed by atoms with Crippen LogP contribution in [-0.2, 0) is 15.8 Å². The molecule has 5 nitrogen and oxygen atoms in total. The van der Waals surface area contributed by atoms with E-state index in [1.807, 2.05) is 0 Å². The second-order valence-electron chi connectivity index (χ2n) is 7.24. The Morgan fingerprint density at radius 3 is 2.48 bits per heavy atom. The summed E-state index contributed by atoms with van der Waals surface area (Å²) in [6, 6.07) is 12.8. The summed E-state index contributed by atoms with van der Waals surface area (Å²) in [5, 5.41) is 2.79.